The number of hydrogen-bond acceptors (Lipinski definition) is 9. The van der Waals surface area contributed by atoms with E-state index in [1.807, 2.05) is 6.07 Å². The predicted molar refractivity (Wildman–Crippen MR) is 105 cm³/mol. The SMILES string of the molecule is CSc1nc(N)nc(N[C@@H](C)C(=O)Nc2cc(CF)cc(C(=O)NO)c2)c1C#N. The summed E-state index contributed by atoms with van der Waals surface area (Å²) < 4.78 is 13.1. The van der Waals surface area contributed by atoms with Crippen molar-refractivity contribution in [2.45, 2.75) is 24.7 Å². The van der Waals surface area contributed by atoms with Gasteiger partial charge in [0.05, 0.1) is 0 Å². The van der Waals surface area contributed by atoms with E-state index in [1.54, 1.807) is 6.26 Å². The Morgan fingerprint density at radius 2 is 2.10 bits per heavy atom. The number of benzene rings is 1. The lowest BCUT2D eigenvalue weighted by Gasteiger charge is -2.17. The predicted octanol–water partition coefficient (Wildman–Crippen LogP) is 1.68. The third-order valence-electron chi connectivity index (χ3n) is 3.72. The molecule has 0 radical (unpaired) electrons. The van der Waals surface area contributed by atoms with E-state index in [9.17, 15) is 19.2 Å². The summed E-state index contributed by atoms with van der Waals surface area (Å²) >= 11 is 1.21. The second kappa shape index (κ2) is 9.67. The molecule has 1 atom stereocenters. The van der Waals surface area contributed by atoms with Gasteiger partial charge in [0.25, 0.3) is 5.91 Å². The first-order valence-electron chi connectivity index (χ1n) is 8.16. The summed E-state index contributed by atoms with van der Waals surface area (Å²) in [7, 11) is 0. The third kappa shape index (κ3) is 5.31. The molecule has 2 amide bonds. The van der Waals surface area contributed by atoms with Crippen LogP contribution in [0.2, 0.25) is 0 Å². The molecule has 12 heteroatoms. The highest BCUT2D eigenvalue weighted by atomic mass is 32.2. The van der Waals surface area contributed by atoms with Crippen LogP contribution in [0.15, 0.2) is 23.2 Å². The number of halogens is 1. The molecule has 0 saturated carbocycles. The van der Waals surface area contributed by atoms with E-state index in [1.165, 1.54) is 42.4 Å². The fourth-order valence-corrected chi connectivity index (χ4v) is 2.90. The summed E-state index contributed by atoms with van der Waals surface area (Å²) in [6.07, 6.45) is 1.72. The molecule has 1 aromatic heterocycles. The Morgan fingerprint density at radius 3 is 2.69 bits per heavy atom. The van der Waals surface area contributed by atoms with Crippen LogP contribution in [-0.2, 0) is 11.5 Å². The van der Waals surface area contributed by atoms with Gasteiger partial charge >= 0.3 is 0 Å². The van der Waals surface area contributed by atoms with Gasteiger partial charge < -0.3 is 16.4 Å². The molecule has 0 unspecified atom stereocenters. The average molecular weight is 419 g/mol. The number of nitrogen functional groups attached to an aromatic ring is 1. The molecule has 0 fully saturated rings. The quantitative estimate of drug-likeness (QED) is 0.194. The Kier molecular flexibility index (Phi) is 7.29. The first kappa shape index (κ1) is 21.9. The van der Waals surface area contributed by atoms with Crippen LogP contribution in [0.3, 0.4) is 0 Å². The minimum Gasteiger partial charge on any atom is -0.368 e. The zero-order chi connectivity index (χ0) is 21.6. The van der Waals surface area contributed by atoms with Crippen molar-refractivity contribution in [2.24, 2.45) is 0 Å². The molecule has 6 N–H and O–H groups in total. The van der Waals surface area contributed by atoms with Crippen molar-refractivity contribution < 1.29 is 19.2 Å². The average Bonchev–Trinajstić information content (AvgIpc) is 2.72. The largest absolute Gasteiger partial charge is 0.368 e. The van der Waals surface area contributed by atoms with Crippen molar-refractivity contribution in [1.82, 2.24) is 15.4 Å². The van der Waals surface area contributed by atoms with Gasteiger partial charge in [-0.25, -0.2) is 14.9 Å². The standard InChI is InChI=1S/C17H18FN7O3S/c1-8(21-13-12(7-19)16(29-2)24-17(20)23-13)14(26)22-11-4-9(6-18)3-10(5-11)15(27)25-28/h3-5,8,28H,6H2,1-2H3,(H,22,26)(H,25,27)(H3,20,21,23,24)/t8-/m0/s1. The third-order valence-corrected chi connectivity index (χ3v) is 4.41. The van der Waals surface area contributed by atoms with Crippen molar-refractivity contribution in [3.63, 3.8) is 0 Å². The molecule has 0 aliphatic carbocycles. The fourth-order valence-electron chi connectivity index (χ4n) is 2.37. The Labute approximate surface area is 169 Å². The molecule has 10 nitrogen and oxygen atoms in total. The van der Waals surface area contributed by atoms with Crippen LogP contribution in [0, 0.1) is 11.3 Å². The lowest BCUT2D eigenvalue weighted by molar-refractivity contribution is -0.116. The lowest BCUT2D eigenvalue weighted by Crippen LogP contribution is -2.33. The zero-order valence-electron chi connectivity index (χ0n) is 15.5. The smallest absolute Gasteiger partial charge is 0.274 e. The number of aromatic nitrogens is 2. The van der Waals surface area contributed by atoms with Crippen LogP contribution in [0.4, 0.5) is 21.8 Å². The summed E-state index contributed by atoms with van der Waals surface area (Å²) in [6, 6.07) is 4.99. The number of thioether (sulfide) groups is 1. The molecular weight excluding hydrogens is 401 g/mol. The number of hydroxylamine groups is 1. The van der Waals surface area contributed by atoms with Gasteiger partial charge in [-0.2, -0.15) is 10.2 Å². The number of nitrogens with zero attached hydrogens (tertiary/aromatic N) is 3. The van der Waals surface area contributed by atoms with Crippen LogP contribution in [0.1, 0.15) is 28.4 Å². The number of amides is 2. The van der Waals surface area contributed by atoms with E-state index < -0.39 is 24.5 Å². The molecule has 0 aliphatic heterocycles. The van der Waals surface area contributed by atoms with Crippen LogP contribution in [-0.4, -0.2) is 39.3 Å². The molecular formula is C17H18FN7O3S. The van der Waals surface area contributed by atoms with Crippen molar-refractivity contribution in [2.75, 3.05) is 22.6 Å². The first-order chi connectivity index (χ1) is 13.8. The Morgan fingerprint density at radius 1 is 1.38 bits per heavy atom. The molecule has 0 saturated heterocycles. The summed E-state index contributed by atoms with van der Waals surface area (Å²) in [5, 5.41) is 23.8. The van der Waals surface area contributed by atoms with E-state index in [-0.39, 0.29) is 34.1 Å². The van der Waals surface area contributed by atoms with Crippen molar-refractivity contribution in [1.29, 1.82) is 5.26 Å². The molecule has 0 spiro atoms. The van der Waals surface area contributed by atoms with Crippen LogP contribution < -0.4 is 21.8 Å². The number of alkyl halides is 1. The topological polar surface area (TPSA) is 166 Å². The summed E-state index contributed by atoms with van der Waals surface area (Å²) in [4.78, 5) is 32.1. The van der Waals surface area contributed by atoms with E-state index in [2.05, 4.69) is 20.6 Å². The highest BCUT2D eigenvalue weighted by Gasteiger charge is 2.19. The maximum Gasteiger partial charge on any atom is 0.274 e. The van der Waals surface area contributed by atoms with Gasteiger partial charge in [0.1, 0.15) is 29.4 Å². The van der Waals surface area contributed by atoms with Crippen LogP contribution in [0.25, 0.3) is 0 Å². The Balaban J connectivity index is 2.23. The fraction of sp³-hybridized carbons (Fsp3) is 0.235. The molecule has 1 aromatic carbocycles. The first-order valence-corrected chi connectivity index (χ1v) is 9.38. The van der Waals surface area contributed by atoms with Crippen molar-refractivity contribution in [3.05, 3.63) is 34.9 Å². The second-order valence-electron chi connectivity index (χ2n) is 5.77. The van der Waals surface area contributed by atoms with E-state index in [0.717, 1.165) is 0 Å². The Hall–Kier alpha value is -3.43. The molecule has 29 heavy (non-hydrogen) atoms. The van der Waals surface area contributed by atoms with E-state index >= 15 is 0 Å². The van der Waals surface area contributed by atoms with Crippen molar-refractivity contribution in [3.8, 4) is 6.07 Å². The summed E-state index contributed by atoms with van der Waals surface area (Å²) in [6.45, 7) is 0.653. The molecule has 2 rings (SSSR count). The minimum atomic E-state index is -0.869. The maximum atomic E-state index is 13.1. The molecule has 1 heterocycles. The maximum absolute atomic E-state index is 13.1. The highest BCUT2D eigenvalue weighted by Crippen LogP contribution is 2.25. The van der Waals surface area contributed by atoms with E-state index in [4.69, 9.17) is 10.9 Å². The minimum absolute atomic E-state index is 0.0292. The summed E-state index contributed by atoms with van der Waals surface area (Å²) in [5.74, 6) is -1.34. The van der Waals surface area contributed by atoms with Gasteiger partial charge in [0.15, 0.2) is 5.82 Å². The number of nitriles is 1. The number of carbonyl (C=O) groups is 2. The number of nitrogens with one attached hydrogen (secondary N) is 3. The van der Waals surface area contributed by atoms with Crippen LogP contribution >= 0.6 is 11.8 Å². The van der Waals surface area contributed by atoms with Gasteiger partial charge in [-0.3, -0.25) is 14.8 Å². The number of rotatable bonds is 7. The van der Waals surface area contributed by atoms with Crippen LogP contribution in [0.5, 0.6) is 0 Å². The molecule has 152 valence electrons. The van der Waals surface area contributed by atoms with Gasteiger partial charge in [0.2, 0.25) is 11.9 Å². The number of nitrogens with two attached hydrogens (primary N) is 1. The monoisotopic (exact) mass is 419 g/mol. The van der Waals surface area contributed by atoms with Gasteiger partial charge in [-0.05, 0) is 36.9 Å². The number of carbonyl (C=O) groups excluding carboxylic acids is 2. The van der Waals surface area contributed by atoms with Gasteiger partial charge in [0, 0.05) is 11.3 Å². The van der Waals surface area contributed by atoms with E-state index in [0.29, 0.717) is 5.03 Å². The molecule has 0 bridgehead atoms. The second-order valence-corrected chi connectivity index (χ2v) is 6.57. The van der Waals surface area contributed by atoms with Gasteiger partial charge in [-0.1, -0.05) is 0 Å². The van der Waals surface area contributed by atoms with Crippen molar-refractivity contribution >= 4 is 41.0 Å². The molecule has 0 aliphatic rings. The number of hydrogen-bond donors (Lipinski definition) is 5. The number of anilines is 3. The highest BCUT2D eigenvalue weighted by molar-refractivity contribution is 7.98. The lowest BCUT2D eigenvalue weighted by atomic mass is 10.1. The Bertz CT molecular complexity index is 980. The summed E-state index contributed by atoms with van der Waals surface area (Å²) in [5.41, 5.74) is 7.51. The zero-order valence-corrected chi connectivity index (χ0v) is 16.3. The molecule has 2 aromatic rings. The van der Waals surface area contributed by atoms with Gasteiger partial charge in [-0.15, -0.1) is 11.8 Å². The normalized spacial score (nSPS) is 11.3.